The van der Waals surface area contributed by atoms with E-state index in [4.69, 9.17) is 4.74 Å². The molecule has 27 heavy (non-hydrogen) atoms. The largest absolute Gasteiger partial charge is 0.456 e. The fourth-order valence-corrected chi connectivity index (χ4v) is 3.93. The summed E-state index contributed by atoms with van der Waals surface area (Å²) in [6, 6.07) is 4.86. The second-order valence-electron chi connectivity index (χ2n) is 6.49. The van der Waals surface area contributed by atoms with E-state index < -0.39 is 4.92 Å². The number of carbonyl (C=O) groups excluding carboxylic acids is 1. The van der Waals surface area contributed by atoms with Gasteiger partial charge in [0.25, 0.3) is 0 Å². The fourth-order valence-electron chi connectivity index (χ4n) is 3.05. The van der Waals surface area contributed by atoms with Gasteiger partial charge in [-0.05, 0) is 30.8 Å². The van der Waals surface area contributed by atoms with Gasteiger partial charge in [0.2, 0.25) is 5.91 Å². The van der Waals surface area contributed by atoms with Crippen molar-refractivity contribution in [3.05, 3.63) is 39.4 Å². The highest BCUT2D eigenvalue weighted by atomic mass is 32.1. The number of nitro groups is 1. The van der Waals surface area contributed by atoms with E-state index in [1.165, 1.54) is 24.3 Å². The summed E-state index contributed by atoms with van der Waals surface area (Å²) < 4.78 is 5.86. The molecule has 1 N–H and O–H groups in total. The number of nitrogens with one attached hydrogen (secondary N) is 1. The van der Waals surface area contributed by atoms with Crippen molar-refractivity contribution in [2.75, 3.05) is 11.9 Å². The maximum atomic E-state index is 11.1. The van der Waals surface area contributed by atoms with E-state index >= 15 is 0 Å². The van der Waals surface area contributed by atoms with Gasteiger partial charge in [-0.2, -0.15) is 0 Å². The first-order valence-corrected chi connectivity index (χ1v) is 9.47. The number of aromatic nitrogens is 2. The van der Waals surface area contributed by atoms with E-state index in [1.807, 2.05) is 0 Å². The molecule has 2 aromatic rings. The van der Waals surface area contributed by atoms with Crippen LogP contribution in [-0.2, 0) is 11.3 Å². The zero-order valence-corrected chi connectivity index (χ0v) is 15.9. The van der Waals surface area contributed by atoms with Gasteiger partial charge in [0.05, 0.1) is 0 Å². The van der Waals surface area contributed by atoms with Gasteiger partial charge in [-0.25, -0.2) is 4.98 Å². The van der Waals surface area contributed by atoms with Gasteiger partial charge in [-0.15, -0.1) is 11.3 Å². The molecule has 10 heteroatoms. The van der Waals surface area contributed by atoms with Crippen LogP contribution in [0, 0.1) is 10.1 Å². The van der Waals surface area contributed by atoms with Crippen LogP contribution in [0.4, 0.5) is 10.9 Å². The van der Waals surface area contributed by atoms with Crippen molar-refractivity contribution in [2.24, 2.45) is 0 Å². The van der Waals surface area contributed by atoms with Crippen LogP contribution in [0.2, 0.25) is 0 Å². The molecule has 1 amide bonds. The third-order valence-electron chi connectivity index (χ3n) is 4.34. The van der Waals surface area contributed by atoms with E-state index in [2.05, 4.69) is 27.1 Å². The van der Waals surface area contributed by atoms with Crippen LogP contribution in [-0.4, -0.2) is 44.4 Å². The number of amides is 1. The highest BCUT2D eigenvalue weighted by Crippen LogP contribution is 2.26. The van der Waals surface area contributed by atoms with Crippen LogP contribution in [0.1, 0.15) is 31.6 Å². The third-order valence-corrected chi connectivity index (χ3v) is 5.24. The highest BCUT2D eigenvalue weighted by molar-refractivity contribution is 7.15. The molecule has 2 atom stereocenters. The van der Waals surface area contributed by atoms with E-state index in [1.54, 1.807) is 18.3 Å². The average Bonchev–Trinajstić information content (AvgIpc) is 3.04. The average molecular weight is 391 g/mol. The van der Waals surface area contributed by atoms with Gasteiger partial charge >= 0.3 is 11.7 Å². The van der Waals surface area contributed by atoms with Gasteiger partial charge in [-0.3, -0.25) is 9.69 Å². The van der Waals surface area contributed by atoms with Crippen molar-refractivity contribution in [3.63, 3.8) is 0 Å². The molecule has 0 aliphatic carbocycles. The van der Waals surface area contributed by atoms with Gasteiger partial charge in [0, 0.05) is 54.2 Å². The predicted molar refractivity (Wildman–Crippen MR) is 101 cm³/mol. The molecule has 0 saturated carbocycles. The first-order valence-electron chi connectivity index (χ1n) is 8.65. The molecule has 1 fully saturated rings. The number of carbonyl (C=O) groups is 1. The zero-order valence-electron chi connectivity index (χ0n) is 15.1. The Kier molecular flexibility index (Phi) is 5.97. The number of nitrogens with zero attached hydrogens (tertiary/aromatic N) is 4. The number of rotatable bonds is 6. The normalized spacial score (nSPS) is 20.2. The minimum Gasteiger partial charge on any atom is -0.456 e. The third kappa shape index (κ3) is 5.20. The van der Waals surface area contributed by atoms with Crippen molar-refractivity contribution in [3.8, 4) is 5.88 Å². The van der Waals surface area contributed by atoms with Crippen LogP contribution in [0.3, 0.4) is 0 Å². The fraction of sp³-hybridized carbons (Fsp3) is 0.471. The molecule has 2 aromatic heterocycles. The first-order chi connectivity index (χ1) is 12.9. The Balaban J connectivity index is 1.54. The van der Waals surface area contributed by atoms with Gasteiger partial charge < -0.3 is 20.2 Å². The molecule has 144 valence electrons. The van der Waals surface area contributed by atoms with Crippen LogP contribution in [0.15, 0.2) is 24.4 Å². The molecular formula is C17H21N5O4S. The first kappa shape index (κ1) is 19.2. The molecule has 9 nitrogen and oxygen atoms in total. The number of ether oxygens (including phenoxy) is 1. The van der Waals surface area contributed by atoms with Crippen molar-refractivity contribution < 1.29 is 14.5 Å². The molecule has 3 rings (SSSR count). The van der Waals surface area contributed by atoms with E-state index in [0.29, 0.717) is 5.13 Å². The number of piperidine rings is 1. The van der Waals surface area contributed by atoms with Crippen LogP contribution >= 0.6 is 11.3 Å². The smallest absolute Gasteiger partial charge is 0.367 e. The zero-order chi connectivity index (χ0) is 19.4. The Morgan fingerprint density at radius 1 is 1.52 bits per heavy atom. The lowest BCUT2D eigenvalue weighted by Gasteiger charge is -2.36. The number of anilines is 1. The minimum atomic E-state index is -0.525. The van der Waals surface area contributed by atoms with Crippen molar-refractivity contribution in [1.82, 2.24) is 14.9 Å². The summed E-state index contributed by atoms with van der Waals surface area (Å²) in [4.78, 5) is 33.0. The standard InChI is InChI=1S/C17H21N5O4S/c1-11-8-13(26-16-5-3-4-15(20-16)22(24)25)6-7-21(11)10-14-9-18-17(27-14)19-12(2)23/h3-5,9,11,13H,6-8,10H2,1-2H3,(H,18,19,23)/t11-,13-/m0/s1. The summed E-state index contributed by atoms with van der Waals surface area (Å²) in [5.41, 5.74) is 0. The molecule has 3 heterocycles. The number of hydrogen-bond acceptors (Lipinski definition) is 8. The highest BCUT2D eigenvalue weighted by Gasteiger charge is 2.28. The summed E-state index contributed by atoms with van der Waals surface area (Å²) in [5, 5.41) is 14.1. The molecule has 1 aliphatic heterocycles. The van der Waals surface area contributed by atoms with Gasteiger partial charge in [0.15, 0.2) is 5.13 Å². The molecule has 0 aromatic carbocycles. The Bertz CT molecular complexity index is 827. The second-order valence-corrected chi connectivity index (χ2v) is 7.60. The molecule has 1 aliphatic rings. The van der Waals surface area contributed by atoms with Gasteiger partial charge in [0.1, 0.15) is 6.10 Å². The van der Waals surface area contributed by atoms with E-state index in [9.17, 15) is 14.9 Å². The van der Waals surface area contributed by atoms with Crippen molar-refractivity contribution in [2.45, 2.75) is 45.4 Å². The number of thiazole rings is 1. The maximum absolute atomic E-state index is 11.1. The van der Waals surface area contributed by atoms with Crippen molar-refractivity contribution in [1.29, 1.82) is 0 Å². The Hall–Kier alpha value is -2.59. The lowest BCUT2D eigenvalue weighted by atomic mass is 10.0. The molecule has 1 saturated heterocycles. The lowest BCUT2D eigenvalue weighted by molar-refractivity contribution is -0.389. The van der Waals surface area contributed by atoms with Gasteiger partial charge in [-0.1, -0.05) is 0 Å². The van der Waals surface area contributed by atoms with Crippen LogP contribution in [0.25, 0.3) is 0 Å². The Morgan fingerprint density at radius 2 is 2.33 bits per heavy atom. The Labute approximate surface area is 160 Å². The predicted octanol–water partition coefficient (Wildman–Crippen LogP) is 2.84. The summed E-state index contributed by atoms with van der Waals surface area (Å²) in [5.74, 6) is -0.0487. The quantitative estimate of drug-likeness (QED) is 0.595. The molecular weight excluding hydrogens is 370 g/mol. The molecule has 0 unspecified atom stereocenters. The summed E-state index contributed by atoms with van der Waals surface area (Å²) in [6.45, 7) is 5.20. The molecule has 0 spiro atoms. The SMILES string of the molecule is CC(=O)Nc1ncc(CN2CC[C@H](Oc3cccc([N+](=O)[O-])n3)C[C@@H]2C)s1. The lowest BCUT2D eigenvalue weighted by Crippen LogP contribution is -2.43. The van der Waals surface area contributed by atoms with Crippen LogP contribution < -0.4 is 10.1 Å². The Morgan fingerprint density at radius 3 is 3.04 bits per heavy atom. The minimum absolute atomic E-state index is 0.0258. The summed E-state index contributed by atoms with van der Waals surface area (Å²) in [6.07, 6.45) is 3.38. The number of likely N-dealkylation sites (tertiary alicyclic amines) is 1. The van der Waals surface area contributed by atoms with Crippen molar-refractivity contribution >= 4 is 28.2 Å². The number of pyridine rings is 1. The molecule has 0 radical (unpaired) electrons. The number of hydrogen-bond donors (Lipinski definition) is 1. The van der Waals surface area contributed by atoms with E-state index in [0.717, 1.165) is 30.8 Å². The maximum Gasteiger partial charge on any atom is 0.367 e. The second kappa shape index (κ2) is 8.40. The molecule has 0 bridgehead atoms. The monoisotopic (exact) mass is 391 g/mol. The van der Waals surface area contributed by atoms with E-state index in [-0.39, 0.29) is 29.8 Å². The summed E-state index contributed by atoms with van der Waals surface area (Å²) in [7, 11) is 0. The van der Waals surface area contributed by atoms with Crippen LogP contribution in [0.5, 0.6) is 5.88 Å². The topological polar surface area (TPSA) is 110 Å². The summed E-state index contributed by atoms with van der Waals surface area (Å²) >= 11 is 1.47.